The van der Waals surface area contributed by atoms with E-state index in [1.54, 1.807) is 16.7 Å². The van der Waals surface area contributed by atoms with Crippen molar-refractivity contribution in [3.63, 3.8) is 0 Å². The summed E-state index contributed by atoms with van der Waals surface area (Å²) in [6.07, 6.45) is 4.91. The average Bonchev–Trinajstić information content (AvgIpc) is 3.28. The smallest absolute Gasteiger partial charge is 0.243 e. The van der Waals surface area contributed by atoms with Gasteiger partial charge in [0, 0.05) is 23.4 Å². The summed E-state index contributed by atoms with van der Waals surface area (Å²) in [5.41, 5.74) is 3.27. The second kappa shape index (κ2) is 12.3. The summed E-state index contributed by atoms with van der Waals surface area (Å²) in [4.78, 5) is 28.2. The Bertz CT molecular complexity index is 914. The Labute approximate surface area is 201 Å². The first-order valence-corrected chi connectivity index (χ1v) is 13.0. The van der Waals surface area contributed by atoms with Gasteiger partial charge in [0.05, 0.1) is 5.75 Å². The number of amides is 2. The van der Waals surface area contributed by atoms with Gasteiger partial charge >= 0.3 is 0 Å². The zero-order chi connectivity index (χ0) is 22.9. The molecule has 1 aliphatic rings. The highest BCUT2D eigenvalue weighted by atomic mass is 35.5. The molecule has 2 aromatic carbocycles. The number of halogens is 1. The molecular weight excluding hydrogens is 440 g/mol. The normalized spacial score (nSPS) is 14.8. The fourth-order valence-corrected chi connectivity index (χ4v) is 5.29. The predicted octanol–water partition coefficient (Wildman–Crippen LogP) is 5.75. The lowest BCUT2D eigenvalue weighted by molar-refractivity contribution is -0.139. The van der Waals surface area contributed by atoms with Gasteiger partial charge in [-0.15, -0.1) is 11.8 Å². The maximum Gasteiger partial charge on any atom is 0.243 e. The van der Waals surface area contributed by atoms with Crippen molar-refractivity contribution in [2.45, 2.75) is 70.3 Å². The first-order valence-electron chi connectivity index (χ1n) is 11.4. The van der Waals surface area contributed by atoms with Crippen molar-refractivity contribution < 1.29 is 9.59 Å². The van der Waals surface area contributed by atoms with Crippen molar-refractivity contribution in [2.75, 3.05) is 5.75 Å². The minimum atomic E-state index is -0.501. The third-order valence-electron chi connectivity index (χ3n) is 5.96. The molecule has 0 spiro atoms. The Hall–Kier alpha value is -1.98. The van der Waals surface area contributed by atoms with Crippen LogP contribution in [0, 0.1) is 6.92 Å². The number of nitrogens with one attached hydrogen (secondary N) is 1. The summed E-state index contributed by atoms with van der Waals surface area (Å²) < 4.78 is 0. The lowest BCUT2D eigenvalue weighted by Gasteiger charge is -2.31. The molecule has 2 amide bonds. The van der Waals surface area contributed by atoms with Crippen LogP contribution in [0.1, 0.15) is 55.7 Å². The van der Waals surface area contributed by atoms with E-state index >= 15 is 0 Å². The van der Waals surface area contributed by atoms with Crippen LogP contribution >= 0.6 is 23.4 Å². The van der Waals surface area contributed by atoms with E-state index in [4.69, 9.17) is 11.6 Å². The molecule has 0 heterocycles. The molecule has 0 radical (unpaired) electrons. The van der Waals surface area contributed by atoms with Crippen molar-refractivity contribution in [3.8, 4) is 0 Å². The van der Waals surface area contributed by atoms with Crippen LogP contribution in [-0.4, -0.2) is 34.6 Å². The van der Waals surface area contributed by atoms with Crippen molar-refractivity contribution in [3.05, 3.63) is 70.2 Å². The fourth-order valence-electron chi connectivity index (χ4n) is 4.24. The van der Waals surface area contributed by atoms with E-state index in [1.165, 1.54) is 11.1 Å². The zero-order valence-corrected chi connectivity index (χ0v) is 20.6. The van der Waals surface area contributed by atoms with Crippen molar-refractivity contribution >= 4 is 35.2 Å². The van der Waals surface area contributed by atoms with Gasteiger partial charge in [-0.3, -0.25) is 9.59 Å². The van der Waals surface area contributed by atoms with E-state index < -0.39 is 6.04 Å². The number of thioether (sulfide) groups is 1. The third-order valence-corrected chi connectivity index (χ3v) is 7.32. The minimum Gasteiger partial charge on any atom is -0.352 e. The molecule has 6 heteroatoms. The van der Waals surface area contributed by atoms with Gasteiger partial charge in [-0.2, -0.15) is 0 Å². The molecule has 0 unspecified atom stereocenters. The number of carbonyl (C=O) groups excluding carboxylic acids is 2. The third kappa shape index (κ3) is 7.01. The van der Waals surface area contributed by atoms with Crippen LogP contribution in [0.2, 0.25) is 5.02 Å². The Morgan fingerprint density at radius 2 is 1.91 bits per heavy atom. The molecule has 0 aromatic heterocycles. The highest BCUT2D eigenvalue weighted by Gasteiger charge is 2.30. The van der Waals surface area contributed by atoms with Crippen LogP contribution in [-0.2, 0) is 21.9 Å². The summed E-state index contributed by atoms with van der Waals surface area (Å²) in [5.74, 6) is 1.00. The Balaban J connectivity index is 1.71. The Morgan fingerprint density at radius 1 is 1.16 bits per heavy atom. The SMILES string of the molecule is CC[C@H](C(=O)NC1CCCC1)N(Cc1ccccc1Cl)C(=O)CSCc1cccc(C)c1. The van der Waals surface area contributed by atoms with E-state index in [0.29, 0.717) is 23.7 Å². The van der Waals surface area contributed by atoms with Gasteiger partial charge in [0.1, 0.15) is 6.04 Å². The first kappa shape index (κ1) is 24.7. The molecule has 1 fully saturated rings. The molecule has 3 rings (SSSR count). The summed E-state index contributed by atoms with van der Waals surface area (Å²) >= 11 is 7.98. The van der Waals surface area contributed by atoms with E-state index in [1.807, 2.05) is 37.3 Å². The largest absolute Gasteiger partial charge is 0.352 e. The molecule has 32 heavy (non-hydrogen) atoms. The van der Waals surface area contributed by atoms with E-state index in [0.717, 1.165) is 37.0 Å². The fraction of sp³-hybridized carbons (Fsp3) is 0.462. The highest BCUT2D eigenvalue weighted by molar-refractivity contribution is 7.99. The van der Waals surface area contributed by atoms with Crippen molar-refractivity contribution in [1.29, 1.82) is 0 Å². The van der Waals surface area contributed by atoms with Crippen molar-refractivity contribution in [1.82, 2.24) is 10.2 Å². The summed E-state index contributed by atoms with van der Waals surface area (Å²) in [5, 5.41) is 3.80. The molecule has 1 saturated carbocycles. The number of hydrogen-bond acceptors (Lipinski definition) is 3. The minimum absolute atomic E-state index is 0.0315. The van der Waals surface area contributed by atoms with Gasteiger partial charge in [0.15, 0.2) is 0 Å². The summed E-state index contributed by atoms with van der Waals surface area (Å²) in [7, 11) is 0. The van der Waals surface area contributed by atoms with Gasteiger partial charge in [0.25, 0.3) is 0 Å². The van der Waals surface area contributed by atoms with Gasteiger partial charge < -0.3 is 10.2 Å². The van der Waals surface area contributed by atoms with Gasteiger partial charge in [-0.25, -0.2) is 0 Å². The molecule has 1 N–H and O–H groups in total. The van der Waals surface area contributed by atoms with Crippen LogP contribution < -0.4 is 5.32 Å². The molecule has 2 aromatic rings. The lowest BCUT2D eigenvalue weighted by Crippen LogP contribution is -2.51. The van der Waals surface area contributed by atoms with Crippen LogP contribution in [0.3, 0.4) is 0 Å². The van der Waals surface area contributed by atoms with Gasteiger partial charge in [-0.1, -0.05) is 79.4 Å². The summed E-state index contributed by atoms with van der Waals surface area (Å²) in [6.45, 7) is 4.37. The number of rotatable bonds is 10. The topological polar surface area (TPSA) is 49.4 Å². The molecule has 172 valence electrons. The second-order valence-corrected chi connectivity index (χ2v) is 9.90. The maximum absolute atomic E-state index is 13.3. The molecule has 1 aliphatic carbocycles. The van der Waals surface area contributed by atoms with E-state index in [2.05, 4.69) is 30.4 Å². The molecule has 0 saturated heterocycles. The van der Waals surface area contributed by atoms with Crippen LogP contribution in [0.4, 0.5) is 0 Å². The van der Waals surface area contributed by atoms with Crippen LogP contribution in [0.15, 0.2) is 48.5 Å². The predicted molar refractivity (Wildman–Crippen MR) is 134 cm³/mol. The average molecular weight is 473 g/mol. The van der Waals surface area contributed by atoms with Crippen LogP contribution in [0.5, 0.6) is 0 Å². The Kier molecular flexibility index (Phi) is 9.49. The summed E-state index contributed by atoms with van der Waals surface area (Å²) in [6, 6.07) is 15.6. The number of benzene rings is 2. The highest BCUT2D eigenvalue weighted by Crippen LogP contribution is 2.23. The van der Waals surface area contributed by atoms with Gasteiger partial charge in [0.2, 0.25) is 11.8 Å². The van der Waals surface area contributed by atoms with Crippen LogP contribution in [0.25, 0.3) is 0 Å². The number of carbonyl (C=O) groups is 2. The molecule has 4 nitrogen and oxygen atoms in total. The number of aryl methyl sites for hydroxylation is 1. The molecule has 0 bridgehead atoms. The van der Waals surface area contributed by atoms with E-state index in [9.17, 15) is 9.59 Å². The molecular formula is C26H33ClN2O2S. The standard InChI is InChI=1S/C26H33ClN2O2S/c1-3-24(26(31)28-22-12-5-6-13-22)29(16-21-11-4-7-14-23(21)27)25(30)18-32-17-20-10-8-9-19(2)15-20/h4,7-11,14-15,22,24H,3,5-6,12-13,16-18H2,1-2H3,(H,28,31)/t24-/m1/s1. The van der Waals surface area contributed by atoms with Crippen molar-refractivity contribution in [2.24, 2.45) is 0 Å². The maximum atomic E-state index is 13.3. The Morgan fingerprint density at radius 3 is 2.59 bits per heavy atom. The first-order chi connectivity index (χ1) is 15.5. The molecule has 0 aliphatic heterocycles. The van der Waals surface area contributed by atoms with Gasteiger partial charge in [-0.05, 0) is 43.4 Å². The quantitative estimate of drug-likeness (QED) is 0.479. The number of hydrogen-bond donors (Lipinski definition) is 1. The second-order valence-electron chi connectivity index (χ2n) is 8.51. The monoisotopic (exact) mass is 472 g/mol. The van der Waals surface area contributed by atoms with E-state index in [-0.39, 0.29) is 17.9 Å². The lowest BCUT2D eigenvalue weighted by atomic mass is 10.1. The zero-order valence-electron chi connectivity index (χ0n) is 19.0. The molecule has 1 atom stereocenters. The number of nitrogens with zero attached hydrogens (tertiary/aromatic N) is 1.